The molecule has 0 aliphatic heterocycles. The second-order valence-electron chi connectivity index (χ2n) is 2.69. The van der Waals surface area contributed by atoms with Gasteiger partial charge in [0, 0.05) is 20.6 Å². The number of amides is 1. The molecule has 0 atom stereocenters. The molecule has 1 N–H and O–H groups in total. The molecule has 72 valence electrons. The van der Waals surface area contributed by atoms with Crippen LogP contribution in [0.1, 0.15) is 6.92 Å². The molecule has 0 saturated carbocycles. The summed E-state index contributed by atoms with van der Waals surface area (Å²) in [6, 6.07) is 0. The van der Waals surface area contributed by atoms with E-state index in [4.69, 9.17) is 4.74 Å². The Labute approximate surface area is 73.9 Å². The van der Waals surface area contributed by atoms with Gasteiger partial charge in [0.15, 0.2) is 0 Å². The zero-order valence-electron chi connectivity index (χ0n) is 8.09. The van der Waals surface area contributed by atoms with Crippen molar-refractivity contribution in [1.82, 2.24) is 10.2 Å². The summed E-state index contributed by atoms with van der Waals surface area (Å²) in [6.07, 6.45) is 0. The number of hydrogen-bond donors (Lipinski definition) is 1. The molecule has 0 saturated heterocycles. The van der Waals surface area contributed by atoms with Crippen LogP contribution >= 0.6 is 0 Å². The highest BCUT2D eigenvalue weighted by Crippen LogP contribution is 1.80. The third-order valence-corrected chi connectivity index (χ3v) is 1.40. The monoisotopic (exact) mass is 174 g/mol. The third kappa shape index (κ3) is 6.12. The van der Waals surface area contributed by atoms with Crippen LogP contribution < -0.4 is 5.32 Å². The first kappa shape index (κ1) is 11.4. The molecule has 0 bridgehead atoms. The Morgan fingerprint density at radius 1 is 1.50 bits per heavy atom. The molecule has 0 rings (SSSR count). The first-order valence-electron chi connectivity index (χ1n) is 4.17. The lowest BCUT2D eigenvalue weighted by Gasteiger charge is -2.10. The van der Waals surface area contributed by atoms with Gasteiger partial charge in [0.05, 0.1) is 6.61 Å². The lowest BCUT2D eigenvalue weighted by atomic mass is 10.6. The molecule has 1 amide bonds. The SMILES string of the molecule is CCNCCOCC(=O)N(C)C. The van der Waals surface area contributed by atoms with Gasteiger partial charge >= 0.3 is 0 Å². The molecule has 4 heteroatoms. The van der Waals surface area contributed by atoms with Crippen LogP contribution in [-0.2, 0) is 9.53 Å². The maximum Gasteiger partial charge on any atom is 0.248 e. The first-order valence-corrected chi connectivity index (χ1v) is 4.17. The van der Waals surface area contributed by atoms with Crippen LogP contribution in [0.5, 0.6) is 0 Å². The maximum atomic E-state index is 11.0. The van der Waals surface area contributed by atoms with Crippen molar-refractivity contribution >= 4 is 5.91 Å². The lowest BCUT2D eigenvalue weighted by Crippen LogP contribution is -2.28. The Balaban J connectivity index is 3.14. The minimum Gasteiger partial charge on any atom is -0.370 e. The van der Waals surface area contributed by atoms with E-state index in [2.05, 4.69) is 5.32 Å². The normalized spacial score (nSPS) is 9.92. The van der Waals surface area contributed by atoms with Crippen LogP contribution in [0.2, 0.25) is 0 Å². The molecule has 0 fully saturated rings. The second kappa shape index (κ2) is 7.06. The molecular weight excluding hydrogens is 156 g/mol. The van der Waals surface area contributed by atoms with E-state index in [1.165, 1.54) is 4.90 Å². The van der Waals surface area contributed by atoms with Crippen LogP contribution in [-0.4, -0.2) is 51.2 Å². The van der Waals surface area contributed by atoms with Crippen molar-refractivity contribution in [3.63, 3.8) is 0 Å². The highest BCUT2D eigenvalue weighted by atomic mass is 16.5. The van der Waals surface area contributed by atoms with Crippen molar-refractivity contribution in [2.45, 2.75) is 6.92 Å². The average molecular weight is 174 g/mol. The van der Waals surface area contributed by atoms with E-state index in [1.54, 1.807) is 14.1 Å². The average Bonchev–Trinajstić information content (AvgIpc) is 2.03. The van der Waals surface area contributed by atoms with Gasteiger partial charge in [-0.1, -0.05) is 6.92 Å². The van der Waals surface area contributed by atoms with Crippen molar-refractivity contribution in [2.24, 2.45) is 0 Å². The Bertz CT molecular complexity index is 126. The van der Waals surface area contributed by atoms with Gasteiger partial charge < -0.3 is 15.0 Å². The summed E-state index contributed by atoms with van der Waals surface area (Å²) < 4.78 is 5.11. The predicted molar refractivity (Wildman–Crippen MR) is 48.1 cm³/mol. The molecule has 4 nitrogen and oxygen atoms in total. The standard InChI is InChI=1S/C8H18N2O2/c1-4-9-5-6-12-7-8(11)10(2)3/h9H,4-7H2,1-3H3. The fraction of sp³-hybridized carbons (Fsp3) is 0.875. The molecule has 0 aliphatic carbocycles. The van der Waals surface area contributed by atoms with E-state index >= 15 is 0 Å². The molecule has 0 aliphatic rings. The second-order valence-corrected chi connectivity index (χ2v) is 2.69. The summed E-state index contributed by atoms with van der Waals surface area (Å²) in [5, 5.41) is 3.10. The topological polar surface area (TPSA) is 41.6 Å². The minimum absolute atomic E-state index is 0.00602. The van der Waals surface area contributed by atoms with Crippen LogP contribution in [0.4, 0.5) is 0 Å². The van der Waals surface area contributed by atoms with Crippen molar-refractivity contribution in [2.75, 3.05) is 40.4 Å². The molecule has 0 unspecified atom stereocenters. The lowest BCUT2D eigenvalue weighted by molar-refractivity contribution is -0.133. The highest BCUT2D eigenvalue weighted by molar-refractivity contribution is 5.76. The Hall–Kier alpha value is -0.610. The number of carbonyl (C=O) groups excluding carboxylic acids is 1. The summed E-state index contributed by atoms with van der Waals surface area (Å²) in [4.78, 5) is 12.5. The van der Waals surface area contributed by atoms with E-state index in [-0.39, 0.29) is 12.5 Å². The number of rotatable bonds is 6. The van der Waals surface area contributed by atoms with Crippen molar-refractivity contribution in [3.05, 3.63) is 0 Å². The number of nitrogens with one attached hydrogen (secondary N) is 1. The Morgan fingerprint density at radius 2 is 2.17 bits per heavy atom. The zero-order valence-corrected chi connectivity index (χ0v) is 8.09. The van der Waals surface area contributed by atoms with Crippen molar-refractivity contribution in [3.8, 4) is 0 Å². The zero-order chi connectivity index (χ0) is 9.40. The Morgan fingerprint density at radius 3 is 2.67 bits per heavy atom. The minimum atomic E-state index is 0.00602. The molecule has 0 aromatic rings. The van der Waals surface area contributed by atoms with Crippen LogP contribution in [0.3, 0.4) is 0 Å². The number of likely N-dealkylation sites (N-methyl/N-ethyl adjacent to an activating group) is 2. The van der Waals surface area contributed by atoms with E-state index < -0.39 is 0 Å². The van der Waals surface area contributed by atoms with Gasteiger partial charge in [-0.15, -0.1) is 0 Å². The largest absolute Gasteiger partial charge is 0.370 e. The molecule has 12 heavy (non-hydrogen) atoms. The van der Waals surface area contributed by atoms with Gasteiger partial charge in [-0.25, -0.2) is 0 Å². The van der Waals surface area contributed by atoms with Crippen molar-refractivity contribution in [1.29, 1.82) is 0 Å². The maximum absolute atomic E-state index is 11.0. The Kier molecular flexibility index (Phi) is 6.70. The molecule has 0 aromatic heterocycles. The predicted octanol–water partition coefficient (Wildman–Crippen LogP) is -0.299. The highest BCUT2D eigenvalue weighted by Gasteiger charge is 2.01. The fourth-order valence-corrected chi connectivity index (χ4v) is 0.610. The molecular formula is C8H18N2O2. The first-order chi connectivity index (χ1) is 5.68. The van der Waals surface area contributed by atoms with E-state index in [9.17, 15) is 4.79 Å². The van der Waals surface area contributed by atoms with Gasteiger partial charge in [-0.05, 0) is 6.54 Å². The summed E-state index contributed by atoms with van der Waals surface area (Å²) in [7, 11) is 3.44. The number of nitrogens with zero attached hydrogens (tertiary/aromatic N) is 1. The fourth-order valence-electron chi connectivity index (χ4n) is 0.610. The van der Waals surface area contributed by atoms with Crippen LogP contribution in [0.25, 0.3) is 0 Å². The van der Waals surface area contributed by atoms with Gasteiger partial charge in [-0.2, -0.15) is 0 Å². The summed E-state index contributed by atoms with van der Waals surface area (Å²) in [5.41, 5.74) is 0. The van der Waals surface area contributed by atoms with Gasteiger partial charge in [0.1, 0.15) is 6.61 Å². The quantitative estimate of drug-likeness (QED) is 0.562. The van der Waals surface area contributed by atoms with Gasteiger partial charge in [0.25, 0.3) is 0 Å². The van der Waals surface area contributed by atoms with E-state index in [0.29, 0.717) is 6.61 Å². The summed E-state index contributed by atoms with van der Waals surface area (Å²) in [6.45, 7) is 4.54. The summed E-state index contributed by atoms with van der Waals surface area (Å²) in [5.74, 6) is 0.00602. The number of ether oxygens (including phenoxy) is 1. The third-order valence-electron chi connectivity index (χ3n) is 1.40. The molecule has 0 spiro atoms. The van der Waals surface area contributed by atoms with Crippen LogP contribution in [0.15, 0.2) is 0 Å². The number of hydrogen-bond acceptors (Lipinski definition) is 3. The molecule has 0 radical (unpaired) electrons. The molecule has 0 aromatic carbocycles. The smallest absolute Gasteiger partial charge is 0.248 e. The van der Waals surface area contributed by atoms with Crippen LogP contribution in [0, 0.1) is 0 Å². The molecule has 0 heterocycles. The summed E-state index contributed by atoms with van der Waals surface area (Å²) >= 11 is 0. The van der Waals surface area contributed by atoms with Gasteiger partial charge in [0.2, 0.25) is 5.91 Å². The van der Waals surface area contributed by atoms with Gasteiger partial charge in [-0.3, -0.25) is 4.79 Å². The number of carbonyl (C=O) groups is 1. The van der Waals surface area contributed by atoms with E-state index in [0.717, 1.165) is 13.1 Å². The van der Waals surface area contributed by atoms with E-state index in [1.807, 2.05) is 6.92 Å². The van der Waals surface area contributed by atoms with Crippen molar-refractivity contribution < 1.29 is 9.53 Å².